The van der Waals surface area contributed by atoms with Crippen LogP contribution in [0, 0.1) is 0 Å². The van der Waals surface area contributed by atoms with Gasteiger partial charge in [0.2, 0.25) is 5.91 Å². The van der Waals surface area contributed by atoms with Gasteiger partial charge in [0.05, 0.1) is 17.3 Å². The van der Waals surface area contributed by atoms with E-state index >= 15 is 0 Å². The molecule has 0 unspecified atom stereocenters. The fourth-order valence-electron chi connectivity index (χ4n) is 3.27. The van der Waals surface area contributed by atoms with Gasteiger partial charge in [0, 0.05) is 17.7 Å². The zero-order chi connectivity index (χ0) is 19.5. The molecule has 28 heavy (non-hydrogen) atoms. The highest BCUT2D eigenvalue weighted by Gasteiger charge is 2.09. The number of aryl methyl sites for hydroxylation is 1. The van der Waals surface area contributed by atoms with Crippen LogP contribution in [0.15, 0.2) is 63.5 Å². The first-order valence-corrected chi connectivity index (χ1v) is 9.95. The summed E-state index contributed by atoms with van der Waals surface area (Å²) in [5.41, 5.74) is 0.587. The number of aromatic amines is 1. The third-order valence-electron chi connectivity index (χ3n) is 4.72. The van der Waals surface area contributed by atoms with Gasteiger partial charge in [-0.2, -0.15) is 0 Å². The molecule has 2 aromatic heterocycles. The van der Waals surface area contributed by atoms with E-state index in [0.717, 1.165) is 6.42 Å². The summed E-state index contributed by atoms with van der Waals surface area (Å²) in [6.45, 7) is 0.662. The molecule has 0 saturated heterocycles. The van der Waals surface area contributed by atoms with Gasteiger partial charge in [-0.05, 0) is 40.9 Å². The summed E-state index contributed by atoms with van der Waals surface area (Å²) in [4.78, 5) is 36.7. The van der Waals surface area contributed by atoms with E-state index in [1.165, 1.54) is 20.3 Å². The molecule has 0 aliphatic heterocycles. The maximum Gasteiger partial charge on any atom is 0.273 e. The SMILES string of the molecule is O=C(CCn1[nH]c(=O)c2ccccc2c1=O)NCCc1csc2ccccc12. The second-order valence-electron chi connectivity index (χ2n) is 6.55. The van der Waals surface area contributed by atoms with E-state index < -0.39 is 0 Å². The van der Waals surface area contributed by atoms with Gasteiger partial charge in [0.15, 0.2) is 0 Å². The molecule has 2 N–H and O–H groups in total. The first-order valence-electron chi connectivity index (χ1n) is 9.07. The van der Waals surface area contributed by atoms with Crippen molar-refractivity contribution in [1.29, 1.82) is 0 Å². The normalized spacial score (nSPS) is 11.1. The second kappa shape index (κ2) is 7.82. The van der Waals surface area contributed by atoms with Crippen molar-refractivity contribution in [2.45, 2.75) is 19.4 Å². The molecule has 4 aromatic rings. The third-order valence-corrected chi connectivity index (χ3v) is 5.74. The molecule has 0 radical (unpaired) electrons. The molecule has 2 heterocycles. The van der Waals surface area contributed by atoms with Gasteiger partial charge in [0.25, 0.3) is 11.1 Å². The van der Waals surface area contributed by atoms with Gasteiger partial charge in [-0.3, -0.25) is 19.5 Å². The molecule has 0 aliphatic carbocycles. The molecule has 0 spiro atoms. The van der Waals surface area contributed by atoms with Gasteiger partial charge >= 0.3 is 0 Å². The minimum Gasteiger partial charge on any atom is -0.356 e. The quantitative estimate of drug-likeness (QED) is 0.528. The summed E-state index contributed by atoms with van der Waals surface area (Å²) < 4.78 is 2.44. The maximum atomic E-state index is 12.4. The highest BCUT2D eigenvalue weighted by atomic mass is 32.1. The highest BCUT2D eigenvalue weighted by Crippen LogP contribution is 2.25. The molecule has 4 rings (SSSR count). The van der Waals surface area contributed by atoms with Crippen molar-refractivity contribution in [2.24, 2.45) is 0 Å². The number of rotatable bonds is 6. The Morgan fingerprint density at radius 1 is 1.00 bits per heavy atom. The highest BCUT2D eigenvalue weighted by molar-refractivity contribution is 7.17. The van der Waals surface area contributed by atoms with Crippen LogP contribution < -0.4 is 16.4 Å². The molecule has 6 nitrogen and oxygen atoms in total. The summed E-state index contributed by atoms with van der Waals surface area (Å²) >= 11 is 1.70. The Kier molecular flexibility index (Phi) is 5.08. The van der Waals surface area contributed by atoms with Gasteiger partial charge in [-0.25, -0.2) is 4.68 Å². The number of aromatic nitrogens is 2. The zero-order valence-corrected chi connectivity index (χ0v) is 15.9. The minimum absolute atomic E-state index is 0.124. The standard InChI is InChI=1S/C21H19N3O3S/c25-19(22-11-9-14-13-28-18-8-4-3-5-15(14)18)10-12-24-21(27)17-7-2-1-6-16(17)20(26)23-24/h1-8,13H,9-12H2,(H,22,25)(H,23,26). The smallest absolute Gasteiger partial charge is 0.273 e. The van der Waals surface area contributed by atoms with Crippen LogP contribution in [0.25, 0.3) is 20.9 Å². The molecule has 0 aliphatic rings. The van der Waals surface area contributed by atoms with Crippen LogP contribution in [0.1, 0.15) is 12.0 Å². The lowest BCUT2D eigenvalue weighted by atomic mass is 10.1. The molecule has 1 amide bonds. The molecule has 0 atom stereocenters. The number of H-pyrrole nitrogens is 1. The first kappa shape index (κ1) is 18.2. The van der Waals surface area contributed by atoms with Crippen LogP contribution in [0.3, 0.4) is 0 Å². The van der Waals surface area contributed by atoms with E-state index in [2.05, 4.69) is 27.9 Å². The minimum atomic E-state index is -0.333. The van der Waals surface area contributed by atoms with E-state index in [-0.39, 0.29) is 30.0 Å². The largest absolute Gasteiger partial charge is 0.356 e. The molecular weight excluding hydrogens is 374 g/mol. The Balaban J connectivity index is 1.36. The summed E-state index contributed by atoms with van der Waals surface area (Å²) in [5.74, 6) is -0.152. The van der Waals surface area contributed by atoms with Crippen molar-refractivity contribution < 1.29 is 4.79 Å². The van der Waals surface area contributed by atoms with Gasteiger partial charge in [0.1, 0.15) is 0 Å². The van der Waals surface area contributed by atoms with Gasteiger partial charge < -0.3 is 5.32 Å². The average Bonchev–Trinajstić information content (AvgIpc) is 3.13. The third kappa shape index (κ3) is 3.61. The van der Waals surface area contributed by atoms with E-state index in [4.69, 9.17) is 0 Å². The number of benzene rings is 2. The van der Waals surface area contributed by atoms with Crippen molar-refractivity contribution in [3.05, 3.63) is 80.2 Å². The fraction of sp³-hybridized carbons (Fsp3) is 0.190. The van der Waals surface area contributed by atoms with Crippen LogP contribution >= 0.6 is 11.3 Å². The number of carbonyl (C=O) groups is 1. The van der Waals surface area contributed by atoms with Crippen molar-refractivity contribution in [2.75, 3.05) is 6.54 Å². The lowest BCUT2D eigenvalue weighted by Gasteiger charge is -2.08. The van der Waals surface area contributed by atoms with Crippen LogP contribution in [0.5, 0.6) is 0 Å². The van der Waals surface area contributed by atoms with Crippen LogP contribution in [0.4, 0.5) is 0 Å². The van der Waals surface area contributed by atoms with E-state index in [1.807, 2.05) is 12.1 Å². The topological polar surface area (TPSA) is 84.0 Å². The molecular formula is C21H19N3O3S. The lowest BCUT2D eigenvalue weighted by Crippen LogP contribution is -2.33. The van der Waals surface area contributed by atoms with Crippen molar-refractivity contribution in [3.63, 3.8) is 0 Å². The van der Waals surface area contributed by atoms with Crippen molar-refractivity contribution in [3.8, 4) is 0 Å². The number of hydrogen-bond donors (Lipinski definition) is 2. The molecule has 7 heteroatoms. The zero-order valence-electron chi connectivity index (χ0n) is 15.1. The predicted molar refractivity (Wildman–Crippen MR) is 112 cm³/mol. The number of carbonyl (C=O) groups excluding carboxylic acids is 1. The number of nitrogens with one attached hydrogen (secondary N) is 2. The molecule has 0 bridgehead atoms. The first-order chi connectivity index (χ1) is 13.6. The Bertz CT molecular complexity index is 1270. The Labute approximate surface area is 164 Å². The van der Waals surface area contributed by atoms with E-state index in [9.17, 15) is 14.4 Å². The average molecular weight is 393 g/mol. The summed E-state index contributed by atoms with van der Waals surface area (Å²) in [6.07, 6.45) is 0.876. The van der Waals surface area contributed by atoms with Gasteiger partial charge in [-0.1, -0.05) is 30.3 Å². The Morgan fingerprint density at radius 3 is 2.54 bits per heavy atom. The number of fused-ring (bicyclic) bond motifs is 2. The van der Waals surface area contributed by atoms with Crippen LogP contribution in [-0.4, -0.2) is 22.2 Å². The molecule has 0 fully saturated rings. The molecule has 142 valence electrons. The summed E-state index contributed by atoms with van der Waals surface area (Å²) in [5, 5.41) is 9.49. The molecule has 0 saturated carbocycles. The fourth-order valence-corrected chi connectivity index (χ4v) is 4.27. The Hall–Kier alpha value is -3.19. The Morgan fingerprint density at radius 2 is 1.71 bits per heavy atom. The van der Waals surface area contributed by atoms with Crippen LogP contribution in [0.2, 0.25) is 0 Å². The summed E-state index contributed by atoms with van der Waals surface area (Å²) in [6, 6.07) is 14.9. The van der Waals surface area contributed by atoms with Crippen molar-refractivity contribution >= 4 is 38.1 Å². The number of hydrogen-bond acceptors (Lipinski definition) is 4. The number of nitrogens with zero attached hydrogens (tertiary/aromatic N) is 1. The maximum absolute atomic E-state index is 12.4. The monoisotopic (exact) mass is 393 g/mol. The second-order valence-corrected chi connectivity index (χ2v) is 7.46. The predicted octanol–water partition coefficient (Wildman–Crippen LogP) is 2.65. The van der Waals surface area contributed by atoms with E-state index in [0.29, 0.717) is 17.3 Å². The molecule has 2 aromatic carbocycles. The van der Waals surface area contributed by atoms with E-state index in [1.54, 1.807) is 35.6 Å². The number of thiophene rings is 1. The number of amides is 1. The van der Waals surface area contributed by atoms with Crippen LogP contribution in [-0.2, 0) is 17.8 Å². The summed E-state index contributed by atoms with van der Waals surface area (Å²) in [7, 11) is 0. The van der Waals surface area contributed by atoms with Crippen molar-refractivity contribution in [1.82, 2.24) is 15.1 Å². The lowest BCUT2D eigenvalue weighted by molar-refractivity contribution is -0.121. The van der Waals surface area contributed by atoms with Gasteiger partial charge in [-0.15, -0.1) is 11.3 Å².